The van der Waals surface area contributed by atoms with Gasteiger partial charge >= 0.3 is 0 Å². The van der Waals surface area contributed by atoms with Gasteiger partial charge in [0.25, 0.3) is 0 Å². The van der Waals surface area contributed by atoms with Crippen LogP contribution in [0.2, 0.25) is 0 Å². The Labute approximate surface area is 162 Å². The van der Waals surface area contributed by atoms with Crippen molar-refractivity contribution in [2.45, 2.75) is 31.4 Å². The van der Waals surface area contributed by atoms with Crippen molar-refractivity contribution < 1.29 is 18.6 Å². The molecule has 0 amide bonds. The van der Waals surface area contributed by atoms with E-state index in [2.05, 4.69) is 20.2 Å². The number of anilines is 2. The van der Waals surface area contributed by atoms with Gasteiger partial charge in [-0.05, 0) is 42.9 Å². The zero-order chi connectivity index (χ0) is 19.5. The molecule has 1 aromatic heterocycles. The first kappa shape index (κ1) is 19.0. The van der Waals surface area contributed by atoms with Gasteiger partial charge in [0.1, 0.15) is 24.1 Å². The molecule has 0 aliphatic carbocycles. The highest BCUT2D eigenvalue weighted by molar-refractivity contribution is 5.49. The molecule has 1 aromatic carbocycles. The number of aliphatic hydroxyl groups excluding tert-OH is 1. The third kappa shape index (κ3) is 4.07. The number of hydrogen-bond acceptors (Lipinski definition) is 6. The summed E-state index contributed by atoms with van der Waals surface area (Å²) in [6.07, 6.45) is 3.93. The number of benzene rings is 1. The van der Waals surface area contributed by atoms with Crippen molar-refractivity contribution >= 4 is 11.6 Å². The summed E-state index contributed by atoms with van der Waals surface area (Å²) in [5.41, 5.74) is 0.602. The standard InChI is InChI=1S/C20H24F2N4O2/c21-15-4-3-14(8-16(15)22)20-17(5-7-28-20)25-18-9-19(24-12-23-18)26-6-1-2-13(10-26)11-27/h3-4,8-9,12-13,17,20,27H,1-2,5-7,10-11H2,(H,23,24,25). The van der Waals surface area contributed by atoms with E-state index in [1.165, 1.54) is 12.4 Å². The summed E-state index contributed by atoms with van der Waals surface area (Å²) < 4.78 is 32.6. The molecule has 2 saturated heterocycles. The van der Waals surface area contributed by atoms with E-state index in [0.29, 0.717) is 18.0 Å². The molecule has 150 valence electrons. The van der Waals surface area contributed by atoms with Crippen LogP contribution >= 0.6 is 0 Å². The normalized spacial score (nSPS) is 25.1. The molecule has 0 bridgehead atoms. The molecule has 2 fully saturated rings. The van der Waals surface area contributed by atoms with Gasteiger partial charge < -0.3 is 20.1 Å². The quantitative estimate of drug-likeness (QED) is 0.818. The smallest absolute Gasteiger partial charge is 0.159 e. The first-order valence-corrected chi connectivity index (χ1v) is 9.65. The van der Waals surface area contributed by atoms with Gasteiger partial charge in [-0.2, -0.15) is 0 Å². The summed E-state index contributed by atoms with van der Waals surface area (Å²) in [5.74, 6) is 0.00767. The van der Waals surface area contributed by atoms with Crippen molar-refractivity contribution in [3.05, 3.63) is 47.8 Å². The van der Waals surface area contributed by atoms with E-state index < -0.39 is 11.6 Å². The van der Waals surface area contributed by atoms with E-state index in [1.54, 1.807) is 6.07 Å². The van der Waals surface area contributed by atoms with Crippen LogP contribution in [0.4, 0.5) is 20.4 Å². The lowest BCUT2D eigenvalue weighted by atomic mass is 9.99. The van der Waals surface area contributed by atoms with E-state index in [9.17, 15) is 13.9 Å². The Morgan fingerprint density at radius 3 is 2.89 bits per heavy atom. The van der Waals surface area contributed by atoms with Crippen LogP contribution in [0.3, 0.4) is 0 Å². The maximum Gasteiger partial charge on any atom is 0.159 e. The number of nitrogens with one attached hydrogen (secondary N) is 1. The molecule has 0 radical (unpaired) electrons. The van der Waals surface area contributed by atoms with Gasteiger partial charge in [-0.1, -0.05) is 6.07 Å². The van der Waals surface area contributed by atoms with E-state index >= 15 is 0 Å². The van der Waals surface area contributed by atoms with Crippen LogP contribution in [-0.4, -0.2) is 47.4 Å². The Balaban J connectivity index is 1.48. The molecule has 0 spiro atoms. The van der Waals surface area contributed by atoms with Crippen LogP contribution in [-0.2, 0) is 4.74 Å². The first-order chi connectivity index (χ1) is 13.6. The predicted octanol–water partition coefficient (Wildman–Crippen LogP) is 2.91. The summed E-state index contributed by atoms with van der Waals surface area (Å²) in [6, 6.07) is 5.66. The molecule has 2 aliphatic rings. The fraction of sp³-hybridized carbons (Fsp3) is 0.500. The molecule has 3 unspecified atom stereocenters. The summed E-state index contributed by atoms with van der Waals surface area (Å²) in [5, 5.41) is 12.8. The lowest BCUT2D eigenvalue weighted by molar-refractivity contribution is 0.107. The number of halogens is 2. The number of ether oxygens (including phenoxy) is 1. The average molecular weight is 390 g/mol. The maximum atomic E-state index is 13.6. The highest BCUT2D eigenvalue weighted by Gasteiger charge is 2.31. The van der Waals surface area contributed by atoms with Gasteiger partial charge in [0.05, 0.1) is 6.04 Å². The highest BCUT2D eigenvalue weighted by atomic mass is 19.2. The number of piperidine rings is 1. The second-order valence-corrected chi connectivity index (χ2v) is 7.40. The fourth-order valence-electron chi connectivity index (χ4n) is 3.97. The summed E-state index contributed by atoms with van der Waals surface area (Å²) in [6.45, 7) is 2.39. The van der Waals surface area contributed by atoms with Crippen molar-refractivity contribution in [1.29, 1.82) is 0 Å². The van der Waals surface area contributed by atoms with Crippen molar-refractivity contribution in [1.82, 2.24) is 9.97 Å². The van der Waals surface area contributed by atoms with Crippen LogP contribution in [0.15, 0.2) is 30.6 Å². The number of nitrogens with zero attached hydrogens (tertiary/aromatic N) is 3. The SMILES string of the molecule is OCC1CCCN(c2cc(NC3CCOC3c3ccc(F)c(F)c3)ncn2)C1. The summed E-state index contributed by atoms with van der Waals surface area (Å²) >= 11 is 0. The van der Waals surface area contributed by atoms with Crippen molar-refractivity contribution in [2.75, 3.05) is 36.5 Å². The van der Waals surface area contributed by atoms with E-state index in [0.717, 1.165) is 44.2 Å². The lowest BCUT2D eigenvalue weighted by Crippen LogP contribution is -2.37. The van der Waals surface area contributed by atoms with E-state index in [-0.39, 0.29) is 24.7 Å². The first-order valence-electron chi connectivity index (χ1n) is 9.65. The van der Waals surface area contributed by atoms with Crippen molar-refractivity contribution in [3.8, 4) is 0 Å². The molecule has 0 saturated carbocycles. The molecule has 8 heteroatoms. The van der Waals surface area contributed by atoms with Gasteiger partial charge in [0, 0.05) is 32.4 Å². The maximum absolute atomic E-state index is 13.6. The highest BCUT2D eigenvalue weighted by Crippen LogP contribution is 2.32. The zero-order valence-corrected chi connectivity index (χ0v) is 15.5. The number of rotatable bonds is 5. The number of aliphatic hydroxyl groups is 1. The van der Waals surface area contributed by atoms with Gasteiger partial charge in [0.15, 0.2) is 11.6 Å². The van der Waals surface area contributed by atoms with E-state index in [1.807, 2.05) is 6.07 Å². The number of hydrogen-bond donors (Lipinski definition) is 2. The third-order valence-electron chi connectivity index (χ3n) is 5.45. The average Bonchev–Trinajstić information content (AvgIpc) is 3.18. The van der Waals surface area contributed by atoms with Crippen LogP contribution in [0.5, 0.6) is 0 Å². The molecular formula is C20H24F2N4O2. The van der Waals surface area contributed by atoms with Crippen LogP contribution in [0, 0.1) is 17.6 Å². The molecule has 2 N–H and O–H groups in total. The molecule has 4 rings (SSSR count). The molecule has 28 heavy (non-hydrogen) atoms. The second kappa shape index (κ2) is 8.36. The Bertz CT molecular complexity index is 823. The molecule has 2 aliphatic heterocycles. The Morgan fingerprint density at radius 1 is 1.18 bits per heavy atom. The van der Waals surface area contributed by atoms with Crippen LogP contribution in [0.1, 0.15) is 30.9 Å². The predicted molar refractivity (Wildman–Crippen MR) is 101 cm³/mol. The number of aromatic nitrogens is 2. The molecule has 3 atom stereocenters. The van der Waals surface area contributed by atoms with Crippen LogP contribution < -0.4 is 10.2 Å². The van der Waals surface area contributed by atoms with E-state index in [4.69, 9.17) is 4.74 Å². The second-order valence-electron chi connectivity index (χ2n) is 7.40. The van der Waals surface area contributed by atoms with Gasteiger partial charge in [-0.25, -0.2) is 18.7 Å². The van der Waals surface area contributed by atoms with Gasteiger partial charge in [-0.3, -0.25) is 0 Å². The Morgan fingerprint density at radius 2 is 2.07 bits per heavy atom. The minimum Gasteiger partial charge on any atom is -0.396 e. The molecule has 6 nitrogen and oxygen atoms in total. The largest absolute Gasteiger partial charge is 0.396 e. The third-order valence-corrected chi connectivity index (χ3v) is 5.45. The minimum atomic E-state index is -0.875. The monoisotopic (exact) mass is 390 g/mol. The minimum absolute atomic E-state index is 0.0980. The lowest BCUT2D eigenvalue weighted by Gasteiger charge is -2.32. The summed E-state index contributed by atoms with van der Waals surface area (Å²) in [7, 11) is 0. The topological polar surface area (TPSA) is 70.5 Å². The fourth-order valence-corrected chi connectivity index (χ4v) is 3.97. The Kier molecular flexibility index (Phi) is 5.68. The van der Waals surface area contributed by atoms with Crippen molar-refractivity contribution in [2.24, 2.45) is 5.92 Å². The van der Waals surface area contributed by atoms with Gasteiger partial charge in [-0.15, -0.1) is 0 Å². The zero-order valence-electron chi connectivity index (χ0n) is 15.5. The molecule has 3 heterocycles. The van der Waals surface area contributed by atoms with Gasteiger partial charge in [0.2, 0.25) is 0 Å². The molecule has 2 aromatic rings. The Hall–Kier alpha value is -2.32. The summed E-state index contributed by atoms with van der Waals surface area (Å²) in [4.78, 5) is 10.8. The van der Waals surface area contributed by atoms with Crippen molar-refractivity contribution in [3.63, 3.8) is 0 Å². The van der Waals surface area contributed by atoms with Crippen LogP contribution in [0.25, 0.3) is 0 Å². The molecular weight excluding hydrogens is 366 g/mol.